The van der Waals surface area contributed by atoms with E-state index < -0.39 is 23.6 Å². The van der Waals surface area contributed by atoms with E-state index >= 15 is 0 Å². The Labute approximate surface area is 214 Å². The van der Waals surface area contributed by atoms with Crippen molar-refractivity contribution in [1.29, 1.82) is 5.26 Å². The molecule has 1 rings (SSSR count). The van der Waals surface area contributed by atoms with Gasteiger partial charge in [0.25, 0.3) is 5.91 Å². The van der Waals surface area contributed by atoms with Crippen LogP contribution in [0.15, 0.2) is 28.4 Å². The molecule has 1 aromatic rings. The number of carbonyl (C=O) groups is 5. The monoisotopic (exact) mass is 517 g/mol. The average Bonchev–Trinajstić information content (AvgIpc) is 2.87. The Morgan fingerprint density at radius 2 is 1.50 bits per heavy atom. The van der Waals surface area contributed by atoms with E-state index in [-0.39, 0.29) is 44.2 Å². The average molecular weight is 518 g/mol. The molecule has 194 valence electrons. The molecule has 0 aromatic carbocycles. The molecule has 0 aliphatic carbocycles. The van der Waals surface area contributed by atoms with Crippen LogP contribution in [-0.4, -0.2) is 67.0 Å². The molecule has 0 radical (unpaired) electrons. The highest BCUT2D eigenvalue weighted by Gasteiger charge is 2.13. The SMILES string of the molecule is CCC(NC(=O)CNC(=O)CNC(=O)CNC(=O)CCNC(=O)c1ccc(C#N)c(SC)n1)=C(C)C. The van der Waals surface area contributed by atoms with Gasteiger partial charge >= 0.3 is 0 Å². The standard InChI is InChI=1S/C23H31N7O5S/c1-5-16(14(2)3)29-21(34)13-28-20(33)12-27-19(32)11-26-18(31)8-9-25-22(35)17-7-6-15(10-24)23(30-17)36-4/h6-7H,5,8-9,11-13H2,1-4H3,(H,25,35)(H,26,31)(H,27,32)(H,28,33)(H,29,34). The second-order valence-electron chi connectivity index (χ2n) is 7.58. The van der Waals surface area contributed by atoms with Crippen molar-refractivity contribution in [2.75, 3.05) is 32.4 Å². The Morgan fingerprint density at radius 1 is 0.917 bits per heavy atom. The summed E-state index contributed by atoms with van der Waals surface area (Å²) in [5.74, 6) is -2.48. The highest BCUT2D eigenvalue weighted by atomic mass is 32.2. The van der Waals surface area contributed by atoms with Crippen LogP contribution in [0.5, 0.6) is 0 Å². The van der Waals surface area contributed by atoms with E-state index in [0.717, 1.165) is 11.3 Å². The normalized spacial score (nSPS) is 9.86. The number of pyridine rings is 1. The molecule has 5 amide bonds. The van der Waals surface area contributed by atoms with Crippen molar-refractivity contribution in [1.82, 2.24) is 31.6 Å². The van der Waals surface area contributed by atoms with Crippen LogP contribution in [0.25, 0.3) is 0 Å². The van der Waals surface area contributed by atoms with Gasteiger partial charge in [-0.2, -0.15) is 5.26 Å². The van der Waals surface area contributed by atoms with Crippen molar-refractivity contribution >= 4 is 41.3 Å². The minimum absolute atomic E-state index is 0.0134. The fourth-order valence-electron chi connectivity index (χ4n) is 2.72. The molecule has 0 saturated heterocycles. The molecule has 36 heavy (non-hydrogen) atoms. The number of hydrogen-bond donors (Lipinski definition) is 5. The van der Waals surface area contributed by atoms with E-state index in [2.05, 4.69) is 31.6 Å². The number of amides is 5. The Balaban J connectivity index is 2.27. The van der Waals surface area contributed by atoms with Gasteiger partial charge in [-0.3, -0.25) is 24.0 Å². The van der Waals surface area contributed by atoms with Crippen LogP contribution in [0.1, 0.15) is 49.7 Å². The number of nitrogens with one attached hydrogen (secondary N) is 5. The van der Waals surface area contributed by atoms with Crippen LogP contribution in [0, 0.1) is 11.3 Å². The second kappa shape index (κ2) is 15.9. The molecule has 5 N–H and O–H groups in total. The zero-order chi connectivity index (χ0) is 27.1. The van der Waals surface area contributed by atoms with Gasteiger partial charge in [-0.25, -0.2) is 4.98 Å². The van der Waals surface area contributed by atoms with Crippen LogP contribution >= 0.6 is 11.8 Å². The van der Waals surface area contributed by atoms with Crippen molar-refractivity contribution in [3.63, 3.8) is 0 Å². The lowest BCUT2D eigenvalue weighted by Crippen LogP contribution is -2.44. The fraction of sp³-hybridized carbons (Fsp3) is 0.435. The molecule has 0 atom stereocenters. The highest BCUT2D eigenvalue weighted by molar-refractivity contribution is 7.98. The van der Waals surface area contributed by atoms with E-state index in [1.54, 1.807) is 6.26 Å². The Kier molecular flexibility index (Phi) is 13.3. The van der Waals surface area contributed by atoms with Gasteiger partial charge in [0.1, 0.15) is 16.8 Å². The fourth-order valence-corrected chi connectivity index (χ4v) is 3.24. The van der Waals surface area contributed by atoms with Crippen molar-refractivity contribution in [3.05, 3.63) is 34.7 Å². The number of nitrogens with zero attached hydrogens (tertiary/aromatic N) is 2. The Morgan fingerprint density at radius 3 is 2.03 bits per heavy atom. The largest absolute Gasteiger partial charge is 0.350 e. The maximum atomic E-state index is 12.2. The lowest BCUT2D eigenvalue weighted by Gasteiger charge is -2.11. The van der Waals surface area contributed by atoms with Crippen LogP contribution in [-0.2, 0) is 19.2 Å². The maximum Gasteiger partial charge on any atom is 0.269 e. The Hall–Kier alpha value is -3.92. The molecule has 0 fully saturated rings. The van der Waals surface area contributed by atoms with Crippen LogP contribution in [0.3, 0.4) is 0 Å². The minimum Gasteiger partial charge on any atom is -0.350 e. The van der Waals surface area contributed by atoms with Gasteiger partial charge in [-0.15, -0.1) is 11.8 Å². The summed E-state index contributed by atoms with van der Waals surface area (Å²) in [6, 6.07) is 4.91. The first-order chi connectivity index (χ1) is 17.1. The molecular weight excluding hydrogens is 486 g/mol. The number of carbonyl (C=O) groups excluding carboxylic acids is 5. The predicted molar refractivity (Wildman–Crippen MR) is 134 cm³/mol. The van der Waals surface area contributed by atoms with Gasteiger partial charge in [0, 0.05) is 18.7 Å². The third kappa shape index (κ3) is 11.0. The van der Waals surface area contributed by atoms with E-state index in [9.17, 15) is 24.0 Å². The number of allylic oxidation sites excluding steroid dienone is 2. The van der Waals surface area contributed by atoms with Crippen molar-refractivity contribution < 1.29 is 24.0 Å². The smallest absolute Gasteiger partial charge is 0.269 e. The van der Waals surface area contributed by atoms with Crippen molar-refractivity contribution in [2.24, 2.45) is 0 Å². The summed E-state index contributed by atoms with van der Waals surface area (Å²) < 4.78 is 0. The van der Waals surface area contributed by atoms with Crippen molar-refractivity contribution in [2.45, 2.75) is 38.6 Å². The zero-order valence-corrected chi connectivity index (χ0v) is 21.6. The summed E-state index contributed by atoms with van der Waals surface area (Å²) in [6.07, 6.45) is 2.32. The van der Waals surface area contributed by atoms with Crippen molar-refractivity contribution in [3.8, 4) is 6.07 Å². The molecular formula is C23H31N7O5S. The lowest BCUT2D eigenvalue weighted by atomic mass is 10.2. The molecule has 12 nitrogen and oxygen atoms in total. The third-order valence-electron chi connectivity index (χ3n) is 4.63. The molecule has 0 spiro atoms. The number of hydrogen-bond acceptors (Lipinski definition) is 8. The molecule has 1 heterocycles. The van der Waals surface area contributed by atoms with E-state index in [0.29, 0.717) is 17.0 Å². The van der Waals surface area contributed by atoms with Gasteiger partial charge in [-0.05, 0) is 38.7 Å². The van der Waals surface area contributed by atoms with Crippen LogP contribution in [0.4, 0.5) is 0 Å². The maximum absolute atomic E-state index is 12.2. The number of aromatic nitrogens is 1. The van der Waals surface area contributed by atoms with Crippen LogP contribution in [0.2, 0.25) is 0 Å². The highest BCUT2D eigenvalue weighted by Crippen LogP contribution is 2.17. The van der Waals surface area contributed by atoms with Gasteiger partial charge in [-0.1, -0.05) is 12.5 Å². The summed E-state index contributed by atoms with van der Waals surface area (Å²) >= 11 is 1.24. The second-order valence-corrected chi connectivity index (χ2v) is 8.38. The van der Waals surface area contributed by atoms with E-state index in [1.807, 2.05) is 26.8 Å². The molecule has 1 aromatic heterocycles. The summed E-state index contributed by atoms with van der Waals surface area (Å²) in [6.45, 7) is 4.73. The van der Waals surface area contributed by atoms with E-state index in [1.165, 1.54) is 23.9 Å². The van der Waals surface area contributed by atoms with Gasteiger partial charge in [0.05, 0.1) is 25.2 Å². The number of thioether (sulfide) groups is 1. The first-order valence-corrected chi connectivity index (χ1v) is 12.3. The molecule has 0 unspecified atom stereocenters. The first-order valence-electron chi connectivity index (χ1n) is 11.1. The minimum atomic E-state index is -0.587. The number of nitriles is 1. The molecule has 0 saturated carbocycles. The van der Waals surface area contributed by atoms with Crippen LogP contribution < -0.4 is 26.6 Å². The molecule has 0 aliphatic rings. The Bertz CT molecular complexity index is 1060. The molecule has 13 heteroatoms. The third-order valence-corrected chi connectivity index (χ3v) is 5.33. The lowest BCUT2D eigenvalue weighted by molar-refractivity contribution is -0.128. The first kappa shape index (κ1) is 30.1. The van der Waals surface area contributed by atoms with Gasteiger partial charge in [0.15, 0.2) is 0 Å². The topological polar surface area (TPSA) is 182 Å². The predicted octanol–water partition coefficient (Wildman–Crippen LogP) is -0.0362. The quantitative estimate of drug-likeness (QED) is 0.226. The van der Waals surface area contributed by atoms with E-state index in [4.69, 9.17) is 5.26 Å². The zero-order valence-electron chi connectivity index (χ0n) is 20.7. The summed E-state index contributed by atoms with van der Waals surface area (Å²) in [5, 5.41) is 21.8. The summed E-state index contributed by atoms with van der Waals surface area (Å²) in [4.78, 5) is 63.7. The summed E-state index contributed by atoms with van der Waals surface area (Å²) in [5.41, 5.74) is 2.25. The van der Waals surface area contributed by atoms with Gasteiger partial charge in [0.2, 0.25) is 23.6 Å². The molecule has 0 aliphatic heterocycles. The number of rotatable bonds is 13. The summed E-state index contributed by atoms with van der Waals surface area (Å²) in [7, 11) is 0. The molecule has 0 bridgehead atoms. The van der Waals surface area contributed by atoms with Gasteiger partial charge < -0.3 is 26.6 Å².